The summed E-state index contributed by atoms with van der Waals surface area (Å²) in [5, 5.41) is 9.74. The largest absolute Gasteiger partial charge is 0.472 e. The van der Waals surface area contributed by atoms with Crippen molar-refractivity contribution in [1.82, 2.24) is 4.98 Å². The number of rotatable bonds is 4. The fourth-order valence-electron chi connectivity index (χ4n) is 3.17. The van der Waals surface area contributed by atoms with Crippen LogP contribution in [0.3, 0.4) is 0 Å². The molecule has 0 spiro atoms. The van der Waals surface area contributed by atoms with E-state index in [9.17, 15) is 5.26 Å². The lowest BCUT2D eigenvalue weighted by atomic mass is 9.89. The SMILES string of the molecule is C=C(C)COc1nc(N2CCOCC2)c2c(c1C#N)CC(C)(C)OC2. The third-order valence-corrected chi connectivity index (χ3v) is 4.44. The first-order valence-corrected chi connectivity index (χ1v) is 8.61. The molecule has 2 aliphatic heterocycles. The fraction of sp³-hybridized carbons (Fsp3) is 0.579. The summed E-state index contributed by atoms with van der Waals surface area (Å²) >= 11 is 0. The van der Waals surface area contributed by atoms with Crippen molar-refractivity contribution in [3.8, 4) is 11.9 Å². The van der Waals surface area contributed by atoms with E-state index in [1.54, 1.807) is 0 Å². The van der Waals surface area contributed by atoms with Crippen LogP contribution in [0.2, 0.25) is 0 Å². The Morgan fingerprint density at radius 3 is 2.72 bits per heavy atom. The minimum atomic E-state index is -0.312. The van der Waals surface area contributed by atoms with Crippen LogP contribution in [0.15, 0.2) is 12.2 Å². The zero-order valence-electron chi connectivity index (χ0n) is 15.2. The monoisotopic (exact) mass is 343 g/mol. The zero-order valence-corrected chi connectivity index (χ0v) is 15.2. The van der Waals surface area contributed by atoms with Gasteiger partial charge < -0.3 is 19.1 Å². The van der Waals surface area contributed by atoms with E-state index in [0.29, 0.717) is 44.3 Å². The molecule has 2 aliphatic rings. The van der Waals surface area contributed by atoms with Gasteiger partial charge in [0.1, 0.15) is 24.1 Å². The Kier molecular flexibility index (Phi) is 4.98. The van der Waals surface area contributed by atoms with Crippen LogP contribution in [0.25, 0.3) is 0 Å². The van der Waals surface area contributed by atoms with Crippen LogP contribution in [-0.2, 0) is 22.5 Å². The van der Waals surface area contributed by atoms with Crippen LogP contribution < -0.4 is 9.64 Å². The molecule has 0 bridgehead atoms. The van der Waals surface area contributed by atoms with Crippen LogP contribution in [0.1, 0.15) is 37.5 Å². The van der Waals surface area contributed by atoms with Crippen LogP contribution in [0.4, 0.5) is 5.82 Å². The Balaban J connectivity index is 2.09. The molecule has 1 aromatic heterocycles. The van der Waals surface area contributed by atoms with E-state index in [-0.39, 0.29) is 5.60 Å². The van der Waals surface area contributed by atoms with Crippen LogP contribution in [0.5, 0.6) is 5.88 Å². The highest BCUT2D eigenvalue weighted by Gasteiger charge is 2.33. The first-order valence-electron chi connectivity index (χ1n) is 8.61. The average molecular weight is 343 g/mol. The number of aromatic nitrogens is 1. The summed E-state index contributed by atoms with van der Waals surface area (Å²) in [7, 11) is 0. The molecule has 0 atom stereocenters. The molecule has 6 heteroatoms. The van der Waals surface area contributed by atoms with Crippen molar-refractivity contribution in [2.75, 3.05) is 37.8 Å². The molecule has 3 heterocycles. The number of pyridine rings is 1. The number of nitriles is 1. The normalized spacial score (nSPS) is 19.0. The summed E-state index contributed by atoms with van der Waals surface area (Å²) in [5.41, 5.74) is 3.09. The first-order chi connectivity index (χ1) is 11.9. The van der Waals surface area contributed by atoms with Gasteiger partial charge in [0, 0.05) is 25.1 Å². The molecule has 0 saturated carbocycles. The second-order valence-corrected chi connectivity index (χ2v) is 7.25. The number of hydrogen-bond donors (Lipinski definition) is 0. The summed E-state index contributed by atoms with van der Waals surface area (Å²) in [5.74, 6) is 1.24. The molecule has 1 saturated heterocycles. The van der Waals surface area contributed by atoms with Gasteiger partial charge in [0.25, 0.3) is 0 Å². The second kappa shape index (κ2) is 7.03. The van der Waals surface area contributed by atoms with Gasteiger partial charge in [0.15, 0.2) is 0 Å². The van der Waals surface area contributed by atoms with Gasteiger partial charge in [-0.15, -0.1) is 0 Å². The summed E-state index contributed by atoms with van der Waals surface area (Å²) in [4.78, 5) is 6.90. The smallest absolute Gasteiger partial charge is 0.234 e. The molecule has 1 fully saturated rings. The van der Waals surface area contributed by atoms with E-state index in [1.807, 2.05) is 20.8 Å². The van der Waals surface area contributed by atoms with E-state index in [0.717, 1.165) is 35.6 Å². The predicted molar refractivity (Wildman–Crippen MR) is 94.9 cm³/mol. The highest BCUT2D eigenvalue weighted by Crippen LogP contribution is 2.38. The summed E-state index contributed by atoms with van der Waals surface area (Å²) < 4.78 is 17.3. The number of nitrogens with zero attached hydrogens (tertiary/aromatic N) is 3. The van der Waals surface area contributed by atoms with Gasteiger partial charge >= 0.3 is 0 Å². The highest BCUT2D eigenvalue weighted by atomic mass is 16.5. The van der Waals surface area contributed by atoms with Crippen molar-refractivity contribution in [3.63, 3.8) is 0 Å². The minimum Gasteiger partial charge on any atom is -0.472 e. The van der Waals surface area contributed by atoms with Gasteiger partial charge in [-0.1, -0.05) is 6.58 Å². The number of ether oxygens (including phenoxy) is 3. The summed E-state index contributed by atoms with van der Waals surface area (Å²) in [6.45, 7) is 13.5. The van der Waals surface area contributed by atoms with Gasteiger partial charge in [-0.25, -0.2) is 0 Å². The predicted octanol–water partition coefficient (Wildman–Crippen LogP) is 2.60. The van der Waals surface area contributed by atoms with E-state index >= 15 is 0 Å². The van der Waals surface area contributed by atoms with E-state index < -0.39 is 0 Å². The van der Waals surface area contributed by atoms with Gasteiger partial charge in [0.05, 0.1) is 25.4 Å². The number of morpholine rings is 1. The molecule has 134 valence electrons. The third-order valence-electron chi connectivity index (χ3n) is 4.44. The van der Waals surface area contributed by atoms with Crippen LogP contribution in [-0.4, -0.2) is 43.5 Å². The Hall–Kier alpha value is -2.10. The summed E-state index contributed by atoms with van der Waals surface area (Å²) in [6, 6.07) is 2.30. The van der Waals surface area contributed by atoms with Crippen LogP contribution >= 0.6 is 0 Å². The Morgan fingerprint density at radius 1 is 1.36 bits per heavy atom. The highest BCUT2D eigenvalue weighted by molar-refractivity contribution is 5.61. The number of fused-ring (bicyclic) bond motifs is 1. The van der Waals surface area contributed by atoms with E-state index in [2.05, 4.69) is 17.5 Å². The molecule has 6 nitrogen and oxygen atoms in total. The van der Waals surface area contributed by atoms with Crippen molar-refractivity contribution >= 4 is 5.82 Å². The second-order valence-electron chi connectivity index (χ2n) is 7.25. The summed E-state index contributed by atoms with van der Waals surface area (Å²) in [6.07, 6.45) is 0.661. The lowest BCUT2D eigenvalue weighted by Gasteiger charge is -2.36. The fourth-order valence-corrected chi connectivity index (χ4v) is 3.17. The molecule has 25 heavy (non-hydrogen) atoms. The maximum Gasteiger partial charge on any atom is 0.234 e. The van der Waals surface area contributed by atoms with Crippen molar-refractivity contribution in [1.29, 1.82) is 5.26 Å². The lowest BCUT2D eigenvalue weighted by molar-refractivity contribution is -0.0402. The Morgan fingerprint density at radius 2 is 2.08 bits per heavy atom. The maximum absolute atomic E-state index is 9.74. The topological polar surface area (TPSA) is 67.6 Å². The first kappa shape index (κ1) is 17.7. The van der Waals surface area contributed by atoms with Gasteiger partial charge in [0.2, 0.25) is 5.88 Å². The molecule has 0 aliphatic carbocycles. The molecule has 3 rings (SSSR count). The quantitative estimate of drug-likeness (QED) is 0.783. The standard InChI is InChI=1S/C19H25N3O3/c1-13(2)11-24-18-15(10-20)14-9-19(3,4)25-12-16(14)17(21-18)22-5-7-23-8-6-22/h1,5-9,11-12H2,2-4H3. The Bertz CT molecular complexity index is 716. The molecular formula is C19H25N3O3. The van der Waals surface area contributed by atoms with Gasteiger partial charge in [-0.2, -0.15) is 10.2 Å². The molecular weight excluding hydrogens is 318 g/mol. The zero-order chi connectivity index (χ0) is 18.0. The molecule has 0 aromatic carbocycles. The molecule has 0 N–H and O–H groups in total. The maximum atomic E-state index is 9.74. The van der Waals surface area contributed by atoms with Crippen molar-refractivity contribution in [3.05, 3.63) is 28.8 Å². The Labute approximate surface area is 149 Å². The number of anilines is 1. The van der Waals surface area contributed by atoms with Crippen LogP contribution in [0, 0.1) is 11.3 Å². The molecule has 1 aromatic rings. The third kappa shape index (κ3) is 3.78. The van der Waals surface area contributed by atoms with Gasteiger partial charge in [-0.05, 0) is 31.9 Å². The molecule has 0 radical (unpaired) electrons. The minimum absolute atomic E-state index is 0.312. The van der Waals surface area contributed by atoms with E-state index in [1.165, 1.54) is 0 Å². The molecule has 0 unspecified atom stereocenters. The average Bonchev–Trinajstić information content (AvgIpc) is 2.58. The lowest BCUT2D eigenvalue weighted by Crippen LogP contribution is -2.39. The van der Waals surface area contributed by atoms with Crippen molar-refractivity contribution < 1.29 is 14.2 Å². The van der Waals surface area contributed by atoms with E-state index in [4.69, 9.17) is 19.2 Å². The van der Waals surface area contributed by atoms with Crippen molar-refractivity contribution in [2.45, 2.75) is 39.4 Å². The van der Waals surface area contributed by atoms with Gasteiger partial charge in [-0.3, -0.25) is 0 Å². The molecule has 0 amide bonds. The number of hydrogen-bond acceptors (Lipinski definition) is 6. The van der Waals surface area contributed by atoms with Crippen molar-refractivity contribution in [2.24, 2.45) is 0 Å².